The Bertz CT molecular complexity index is 457. The van der Waals surface area contributed by atoms with Gasteiger partial charge in [-0.1, -0.05) is 26.7 Å². The quantitative estimate of drug-likeness (QED) is 0.823. The Labute approximate surface area is 114 Å². The summed E-state index contributed by atoms with van der Waals surface area (Å²) in [5.41, 5.74) is 1.00. The summed E-state index contributed by atoms with van der Waals surface area (Å²) in [6.07, 6.45) is 4.09. The molecule has 0 aliphatic heterocycles. The average Bonchev–Trinajstić information content (AvgIpc) is 2.37. The van der Waals surface area contributed by atoms with Gasteiger partial charge in [0.1, 0.15) is 5.69 Å². The van der Waals surface area contributed by atoms with E-state index in [0.717, 1.165) is 44.5 Å². The van der Waals surface area contributed by atoms with Crippen molar-refractivity contribution in [1.82, 2.24) is 9.88 Å². The second-order valence-electron chi connectivity index (χ2n) is 4.91. The van der Waals surface area contributed by atoms with Gasteiger partial charge in [-0.2, -0.15) is 0 Å². The van der Waals surface area contributed by atoms with Gasteiger partial charge in [0.05, 0.1) is 0 Å². The lowest BCUT2D eigenvalue weighted by atomic mass is 10.2. The van der Waals surface area contributed by atoms with Gasteiger partial charge in [0.25, 0.3) is 5.91 Å². The minimum Gasteiger partial charge on any atom is -0.354 e. The van der Waals surface area contributed by atoms with E-state index in [1.54, 1.807) is 6.92 Å². The lowest BCUT2D eigenvalue weighted by molar-refractivity contribution is 0.0745. The summed E-state index contributed by atoms with van der Waals surface area (Å²) in [4.78, 5) is 28.7. The molecule has 1 amide bonds. The highest BCUT2D eigenvalue weighted by Crippen LogP contribution is 2.05. The van der Waals surface area contributed by atoms with Crippen molar-refractivity contribution in [2.45, 2.75) is 46.5 Å². The zero-order valence-electron chi connectivity index (χ0n) is 12.2. The first kappa shape index (κ1) is 15.5. The van der Waals surface area contributed by atoms with Crippen LogP contribution in [0, 0.1) is 6.92 Å². The lowest BCUT2D eigenvalue weighted by Crippen LogP contribution is -2.34. The Morgan fingerprint density at radius 3 is 2.21 bits per heavy atom. The van der Waals surface area contributed by atoms with Crippen molar-refractivity contribution >= 4 is 5.91 Å². The first-order valence-electron chi connectivity index (χ1n) is 7.08. The maximum Gasteiger partial charge on any atom is 0.270 e. The number of aromatic nitrogens is 1. The van der Waals surface area contributed by atoms with Gasteiger partial charge in [-0.05, 0) is 19.8 Å². The monoisotopic (exact) mass is 264 g/mol. The highest BCUT2D eigenvalue weighted by atomic mass is 16.2. The van der Waals surface area contributed by atoms with Crippen molar-refractivity contribution in [2.75, 3.05) is 13.1 Å². The Balaban J connectivity index is 2.87. The van der Waals surface area contributed by atoms with Gasteiger partial charge < -0.3 is 9.88 Å². The molecule has 0 atom stereocenters. The van der Waals surface area contributed by atoms with Crippen LogP contribution in [-0.2, 0) is 0 Å². The van der Waals surface area contributed by atoms with Gasteiger partial charge >= 0.3 is 0 Å². The number of rotatable bonds is 7. The van der Waals surface area contributed by atoms with Gasteiger partial charge in [0, 0.05) is 30.9 Å². The summed E-state index contributed by atoms with van der Waals surface area (Å²) in [5, 5.41) is 0. The number of H-pyrrole nitrogens is 1. The van der Waals surface area contributed by atoms with E-state index < -0.39 is 0 Å². The number of hydrogen-bond acceptors (Lipinski definition) is 2. The fourth-order valence-corrected chi connectivity index (χ4v) is 1.98. The van der Waals surface area contributed by atoms with Gasteiger partial charge in [0.2, 0.25) is 0 Å². The van der Waals surface area contributed by atoms with E-state index >= 15 is 0 Å². The van der Waals surface area contributed by atoms with Gasteiger partial charge in [0.15, 0.2) is 5.43 Å². The summed E-state index contributed by atoms with van der Waals surface area (Å²) in [6.45, 7) is 7.52. The van der Waals surface area contributed by atoms with E-state index in [4.69, 9.17) is 0 Å². The van der Waals surface area contributed by atoms with Crippen molar-refractivity contribution in [1.29, 1.82) is 0 Å². The number of aromatic amines is 1. The third-order valence-electron chi connectivity index (χ3n) is 3.06. The maximum absolute atomic E-state index is 12.4. The molecule has 0 saturated carbocycles. The molecule has 0 radical (unpaired) electrons. The van der Waals surface area contributed by atoms with Crippen molar-refractivity contribution in [3.63, 3.8) is 0 Å². The van der Waals surface area contributed by atoms with Crippen LogP contribution in [0.15, 0.2) is 16.9 Å². The molecular weight excluding hydrogens is 240 g/mol. The first-order valence-corrected chi connectivity index (χ1v) is 7.08. The van der Waals surface area contributed by atoms with Crippen LogP contribution < -0.4 is 5.43 Å². The van der Waals surface area contributed by atoms with E-state index in [1.807, 2.05) is 4.90 Å². The predicted octanol–water partition coefficient (Wildman–Crippen LogP) is 2.73. The molecule has 1 aromatic heterocycles. The number of amides is 1. The summed E-state index contributed by atoms with van der Waals surface area (Å²) in [5.74, 6) is -0.0669. The Morgan fingerprint density at radius 1 is 1.16 bits per heavy atom. The van der Waals surface area contributed by atoms with Crippen LogP contribution in [0.2, 0.25) is 0 Å². The zero-order valence-corrected chi connectivity index (χ0v) is 12.2. The lowest BCUT2D eigenvalue weighted by Gasteiger charge is -2.22. The van der Waals surface area contributed by atoms with Crippen LogP contribution >= 0.6 is 0 Å². The molecule has 0 bridgehead atoms. The molecule has 19 heavy (non-hydrogen) atoms. The topological polar surface area (TPSA) is 53.2 Å². The first-order chi connectivity index (χ1) is 9.08. The molecule has 0 fully saturated rings. The highest BCUT2D eigenvalue weighted by Gasteiger charge is 2.16. The molecular formula is C15H24N2O2. The third kappa shape index (κ3) is 4.89. The molecule has 0 aromatic carbocycles. The van der Waals surface area contributed by atoms with Crippen LogP contribution in [-0.4, -0.2) is 28.9 Å². The number of carbonyl (C=O) groups excluding carboxylic acids is 1. The minimum absolute atomic E-state index is 0.0669. The highest BCUT2D eigenvalue weighted by molar-refractivity contribution is 5.92. The van der Waals surface area contributed by atoms with Crippen LogP contribution in [0.4, 0.5) is 0 Å². The van der Waals surface area contributed by atoms with E-state index in [2.05, 4.69) is 18.8 Å². The molecule has 106 valence electrons. The number of unbranched alkanes of at least 4 members (excludes halogenated alkanes) is 2. The van der Waals surface area contributed by atoms with Gasteiger partial charge in [-0.25, -0.2) is 0 Å². The SMILES string of the molecule is CCCCN(CCCC)C(=O)c1cc(=O)cc(C)[nH]1. The number of carbonyl (C=O) groups is 1. The molecule has 4 nitrogen and oxygen atoms in total. The average molecular weight is 264 g/mol. The van der Waals surface area contributed by atoms with E-state index in [1.165, 1.54) is 12.1 Å². The Morgan fingerprint density at radius 2 is 1.74 bits per heavy atom. The second-order valence-corrected chi connectivity index (χ2v) is 4.91. The maximum atomic E-state index is 12.4. The van der Waals surface area contributed by atoms with Gasteiger partial charge in [-0.15, -0.1) is 0 Å². The molecule has 1 aromatic rings. The van der Waals surface area contributed by atoms with Crippen molar-refractivity contribution in [3.05, 3.63) is 33.7 Å². The summed E-state index contributed by atoms with van der Waals surface area (Å²) >= 11 is 0. The fraction of sp³-hybridized carbons (Fsp3) is 0.600. The smallest absolute Gasteiger partial charge is 0.270 e. The molecule has 4 heteroatoms. The largest absolute Gasteiger partial charge is 0.354 e. The Kier molecular flexibility index (Phi) is 6.33. The molecule has 1 rings (SSSR count). The minimum atomic E-state index is -0.120. The number of aryl methyl sites for hydroxylation is 1. The van der Waals surface area contributed by atoms with E-state index in [0.29, 0.717) is 5.69 Å². The number of nitrogens with zero attached hydrogens (tertiary/aromatic N) is 1. The molecule has 0 saturated heterocycles. The molecule has 0 unspecified atom stereocenters. The van der Waals surface area contributed by atoms with E-state index in [9.17, 15) is 9.59 Å². The third-order valence-corrected chi connectivity index (χ3v) is 3.06. The van der Waals surface area contributed by atoms with E-state index in [-0.39, 0.29) is 11.3 Å². The van der Waals surface area contributed by atoms with Crippen molar-refractivity contribution < 1.29 is 4.79 Å². The van der Waals surface area contributed by atoms with Crippen LogP contribution in [0.1, 0.15) is 55.7 Å². The normalized spacial score (nSPS) is 10.5. The number of hydrogen-bond donors (Lipinski definition) is 1. The van der Waals surface area contributed by atoms with Crippen molar-refractivity contribution in [2.24, 2.45) is 0 Å². The number of nitrogens with one attached hydrogen (secondary N) is 1. The van der Waals surface area contributed by atoms with Gasteiger partial charge in [-0.3, -0.25) is 9.59 Å². The molecule has 1 heterocycles. The fourth-order valence-electron chi connectivity index (χ4n) is 1.98. The summed E-state index contributed by atoms with van der Waals surface area (Å²) < 4.78 is 0. The van der Waals surface area contributed by atoms with Crippen molar-refractivity contribution in [3.8, 4) is 0 Å². The predicted molar refractivity (Wildman–Crippen MR) is 77.5 cm³/mol. The molecule has 0 aliphatic rings. The molecule has 0 spiro atoms. The summed E-state index contributed by atoms with van der Waals surface area (Å²) in [6, 6.07) is 2.89. The van der Waals surface area contributed by atoms with Crippen LogP contribution in [0.25, 0.3) is 0 Å². The van der Waals surface area contributed by atoms with Crippen LogP contribution in [0.5, 0.6) is 0 Å². The molecule has 0 aliphatic carbocycles. The summed E-state index contributed by atoms with van der Waals surface area (Å²) in [7, 11) is 0. The number of pyridine rings is 1. The standard InChI is InChI=1S/C15H24N2O2/c1-4-6-8-17(9-7-5-2)15(19)14-11-13(18)10-12(3)16-14/h10-11H,4-9H2,1-3H3,(H,16,18). The zero-order chi connectivity index (χ0) is 14.3. The Hall–Kier alpha value is -1.58. The van der Waals surface area contributed by atoms with Crippen LogP contribution in [0.3, 0.4) is 0 Å². The second kappa shape index (κ2) is 7.77. The molecule has 1 N–H and O–H groups in total.